The van der Waals surface area contributed by atoms with E-state index in [2.05, 4.69) is 0 Å². The van der Waals surface area contributed by atoms with Gasteiger partial charge in [0.25, 0.3) is 0 Å². The minimum atomic E-state index is -1.04. The van der Waals surface area contributed by atoms with Gasteiger partial charge in [-0.1, -0.05) is 12.1 Å². The maximum atomic E-state index is 12.4. The second kappa shape index (κ2) is 5.92. The van der Waals surface area contributed by atoms with Gasteiger partial charge >= 0.3 is 12.0 Å². The van der Waals surface area contributed by atoms with Crippen LogP contribution in [-0.2, 0) is 0 Å². The highest BCUT2D eigenvalue weighted by Gasteiger charge is 2.28. The number of aromatic carboxylic acids is 1. The van der Waals surface area contributed by atoms with Crippen molar-refractivity contribution in [3.05, 3.63) is 29.8 Å². The number of likely N-dealkylation sites (tertiary alicyclic amines) is 1. The molecular weight excluding hydrogens is 258 g/mol. The summed E-state index contributed by atoms with van der Waals surface area (Å²) in [4.78, 5) is 26.7. The molecule has 0 aliphatic carbocycles. The van der Waals surface area contributed by atoms with Crippen molar-refractivity contribution in [1.29, 1.82) is 0 Å². The van der Waals surface area contributed by atoms with E-state index in [1.54, 1.807) is 30.1 Å². The van der Waals surface area contributed by atoms with Crippen LogP contribution >= 0.6 is 0 Å². The van der Waals surface area contributed by atoms with Crippen LogP contribution in [0.2, 0.25) is 0 Å². The van der Waals surface area contributed by atoms with Crippen molar-refractivity contribution < 1.29 is 14.7 Å². The maximum absolute atomic E-state index is 12.4. The molecule has 1 fully saturated rings. The second-order valence-electron chi connectivity index (χ2n) is 5.00. The Morgan fingerprint density at radius 3 is 2.75 bits per heavy atom. The fourth-order valence-corrected chi connectivity index (χ4v) is 2.46. The van der Waals surface area contributed by atoms with Crippen LogP contribution in [0.25, 0.3) is 0 Å². The molecule has 0 spiro atoms. The summed E-state index contributed by atoms with van der Waals surface area (Å²) in [6, 6.07) is 6.31. The third kappa shape index (κ3) is 2.75. The summed E-state index contributed by atoms with van der Waals surface area (Å²) in [5.41, 5.74) is 6.14. The highest BCUT2D eigenvalue weighted by molar-refractivity contribution is 6.01. The number of hydrogen-bond donors (Lipinski definition) is 2. The number of para-hydroxylation sites is 1. The van der Waals surface area contributed by atoms with E-state index in [0.29, 0.717) is 31.2 Å². The van der Waals surface area contributed by atoms with E-state index >= 15 is 0 Å². The zero-order valence-corrected chi connectivity index (χ0v) is 11.5. The van der Waals surface area contributed by atoms with Gasteiger partial charge in [0, 0.05) is 20.1 Å². The topological polar surface area (TPSA) is 86.9 Å². The molecule has 108 valence electrons. The molecular formula is C14H19N3O3. The first-order chi connectivity index (χ1) is 9.54. The van der Waals surface area contributed by atoms with Crippen LogP contribution in [0.3, 0.4) is 0 Å². The van der Waals surface area contributed by atoms with Crippen LogP contribution in [0.15, 0.2) is 24.3 Å². The average molecular weight is 277 g/mol. The number of amides is 2. The molecule has 0 bridgehead atoms. The van der Waals surface area contributed by atoms with Gasteiger partial charge in [0.15, 0.2) is 0 Å². The first-order valence-electron chi connectivity index (χ1n) is 6.59. The highest BCUT2D eigenvalue weighted by atomic mass is 16.4. The third-order valence-electron chi connectivity index (χ3n) is 3.67. The molecule has 1 atom stereocenters. The minimum absolute atomic E-state index is 0.123. The number of carboxylic acids is 1. The number of nitrogens with zero attached hydrogens (tertiary/aromatic N) is 2. The molecule has 0 aromatic heterocycles. The number of hydrogen-bond acceptors (Lipinski definition) is 3. The highest BCUT2D eigenvalue weighted by Crippen LogP contribution is 2.23. The van der Waals surface area contributed by atoms with Crippen molar-refractivity contribution >= 4 is 17.7 Å². The lowest BCUT2D eigenvalue weighted by atomic mass is 10.1. The molecule has 0 saturated carbocycles. The average Bonchev–Trinajstić information content (AvgIpc) is 2.94. The molecule has 0 radical (unpaired) electrons. The molecule has 20 heavy (non-hydrogen) atoms. The summed E-state index contributed by atoms with van der Waals surface area (Å²) >= 11 is 0. The van der Waals surface area contributed by atoms with Gasteiger partial charge in [0.2, 0.25) is 0 Å². The Hall–Kier alpha value is -2.08. The van der Waals surface area contributed by atoms with Crippen LogP contribution in [0.5, 0.6) is 0 Å². The van der Waals surface area contributed by atoms with Crippen molar-refractivity contribution in [3.8, 4) is 0 Å². The first-order valence-corrected chi connectivity index (χ1v) is 6.59. The van der Waals surface area contributed by atoms with E-state index in [0.717, 1.165) is 6.42 Å². The van der Waals surface area contributed by atoms with Crippen molar-refractivity contribution in [1.82, 2.24) is 4.90 Å². The normalized spacial score (nSPS) is 18.1. The summed E-state index contributed by atoms with van der Waals surface area (Å²) in [5.74, 6) is -0.705. The standard InChI is InChI=1S/C14H19N3O3/c1-16(12-5-3-2-4-11(12)13(18)19)14(20)17-7-6-10(8-15)9-17/h2-5,10H,6-9,15H2,1H3,(H,18,19). The molecule has 1 unspecified atom stereocenters. The number of carboxylic acid groups (broad SMARTS) is 1. The van der Waals surface area contributed by atoms with E-state index in [9.17, 15) is 14.7 Å². The minimum Gasteiger partial charge on any atom is -0.478 e. The van der Waals surface area contributed by atoms with Crippen LogP contribution in [-0.4, -0.2) is 48.7 Å². The lowest BCUT2D eigenvalue weighted by Crippen LogP contribution is -2.40. The van der Waals surface area contributed by atoms with Gasteiger partial charge in [0.1, 0.15) is 0 Å². The lowest BCUT2D eigenvalue weighted by molar-refractivity contribution is 0.0697. The Morgan fingerprint density at radius 1 is 1.45 bits per heavy atom. The van der Waals surface area contributed by atoms with Gasteiger partial charge in [0.05, 0.1) is 11.3 Å². The molecule has 2 rings (SSSR count). The van der Waals surface area contributed by atoms with Gasteiger partial charge in [-0.05, 0) is 31.0 Å². The number of urea groups is 1. The van der Waals surface area contributed by atoms with Crippen molar-refractivity contribution in [2.75, 3.05) is 31.6 Å². The zero-order valence-electron chi connectivity index (χ0n) is 11.5. The van der Waals surface area contributed by atoms with Crippen LogP contribution in [0, 0.1) is 5.92 Å². The number of carbonyl (C=O) groups is 2. The number of anilines is 1. The number of rotatable bonds is 3. The smallest absolute Gasteiger partial charge is 0.337 e. The Labute approximate surface area is 117 Å². The van der Waals surface area contributed by atoms with E-state index in [1.807, 2.05) is 0 Å². The predicted molar refractivity (Wildman–Crippen MR) is 75.9 cm³/mol. The van der Waals surface area contributed by atoms with Gasteiger partial charge in [-0.3, -0.25) is 4.90 Å². The van der Waals surface area contributed by atoms with Gasteiger partial charge < -0.3 is 15.7 Å². The SMILES string of the molecule is CN(C(=O)N1CCC(CN)C1)c1ccccc1C(=O)O. The Morgan fingerprint density at radius 2 is 2.15 bits per heavy atom. The van der Waals surface area contributed by atoms with Crippen molar-refractivity contribution in [2.45, 2.75) is 6.42 Å². The third-order valence-corrected chi connectivity index (χ3v) is 3.67. The lowest BCUT2D eigenvalue weighted by Gasteiger charge is -2.25. The van der Waals surface area contributed by atoms with E-state index in [1.165, 1.54) is 11.0 Å². The summed E-state index contributed by atoms with van der Waals surface area (Å²) in [6.07, 6.45) is 0.899. The predicted octanol–water partition coefficient (Wildman–Crippen LogP) is 1.22. The van der Waals surface area contributed by atoms with Crippen LogP contribution < -0.4 is 10.6 Å². The van der Waals surface area contributed by atoms with Crippen LogP contribution in [0.4, 0.5) is 10.5 Å². The molecule has 1 aliphatic rings. The molecule has 3 N–H and O–H groups in total. The molecule has 6 heteroatoms. The molecule has 1 aliphatic heterocycles. The molecule has 1 saturated heterocycles. The van der Waals surface area contributed by atoms with Gasteiger partial charge in [-0.15, -0.1) is 0 Å². The van der Waals surface area contributed by atoms with Crippen LogP contribution in [0.1, 0.15) is 16.8 Å². The molecule has 6 nitrogen and oxygen atoms in total. The second-order valence-corrected chi connectivity index (χ2v) is 5.00. The number of carbonyl (C=O) groups excluding carboxylic acids is 1. The zero-order chi connectivity index (χ0) is 14.7. The number of benzene rings is 1. The number of nitrogens with two attached hydrogens (primary N) is 1. The molecule has 1 heterocycles. The quantitative estimate of drug-likeness (QED) is 0.869. The van der Waals surface area contributed by atoms with Gasteiger partial charge in [-0.25, -0.2) is 9.59 Å². The van der Waals surface area contributed by atoms with E-state index in [-0.39, 0.29) is 11.6 Å². The summed E-state index contributed by atoms with van der Waals surface area (Å²) in [5, 5.41) is 9.17. The Bertz CT molecular complexity index is 518. The van der Waals surface area contributed by atoms with E-state index in [4.69, 9.17) is 5.73 Å². The Kier molecular flexibility index (Phi) is 4.24. The van der Waals surface area contributed by atoms with Gasteiger partial charge in [-0.2, -0.15) is 0 Å². The van der Waals surface area contributed by atoms with E-state index < -0.39 is 5.97 Å². The fraction of sp³-hybridized carbons (Fsp3) is 0.429. The Balaban J connectivity index is 2.17. The van der Waals surface area contributed by atoms with Crippen molar-refractivity contribution in [3.63, 3.8) is 0 Å². The van der Waals surface area contributed by atoms with Crippen molar-refractivity contribution in [2.24, 2.45) is 11.7 Å². The molecule has 1 aromatic rings. The first kappa shape index (κ1) is 14.3. The monoisotopic (exact) mass is 277 g/mol. The maximum Gasteiger partial charge on any atom is 0.337 e. The summed E-state index contributed by atoms with van der Waals surface area (Å²) in [7, 11) is 1.60. The largest absolute Gasteiger partial charge is 0.478 e. The summed E-state index contributed by atoms with van der Waals surface area (Å²) in [6.45, 7) is 1.87. The molecule has 1 aromatic carbocycles. The molecule has 2 amide bonds. The fourth-order valence-electron chi connectivity index (χ4n) is 2.46. The summed E-state index contributed by atoms with van der Waals surface area (Å²) < 4.78 is 0.